The second kappa shape index (κ2) is 6.85. The van der Waals surface area contributed by atoms with E-state index in [1.165, 1.54) is 11.8 Å². The van der Waals surface area contributed by atoms with Crippen molar-refractivity contribution in [3.8, 4) is 0 Å². The molecular weight excluding hydrogens is 302 g/mol. The van der Waals surface area contributed by atoms with E-state index >= 15 is 0 Å². The summed E-state index contributed by atoms with van der Waals surface area (Å²) < 4.78 is 5.29. The Morgan fingerprint density at radius 3 is 2.82 bits per heavy atom. The highest BCUT2D eigenvalue weighted by Crippen LogP contribution is 2.35. The molecule has 3 rings (SSSR count). The van der Waals surface area contributed by atoms with Gasteiger partial charge in [-0.2, -0.15) is 0 Å². The summed E-state index contributed by atoms with van der Waals surface area (Å²) in [5, 5.41) is 14.5. The van der Waals surface area contributed by atoms with Crippen LogP contribution in [0.1, 0.15) is 5.76 Å². The van der Waals surface area contributed by atoms with Crippen molar-refractivity contribution in [2.75, 3.05) is 31.1 Å². The van der Waals surface area contributed by atoms with Gasteiger partial charge in [0.2, 0.25) is 0 Å². The van der Waals surface area contributed by atoms with Gasteiger partial charge in [0, 0.05) is 37.9 Å². The Bertz CT molecular complexity index is 639. The van der Waals surface area contributed by atoms with Crippen molar-refractivity contribution in [1.82, 2.24) is 5.32 Å². The van der Waals surface area contributed by atoms with Gasteiger partial charge >= 0.3 is 0 Å². The number of anilines is 1. The first-order chi connectivity index (χ1) is 10.7. The maximum Gasteiger partial charge on any atom is 0.283 e. The number of piperazine rings is 1. The molecule has 1 saturated heterocycles. The molecule has 0 spiro atoms. The highest BCUT2D eigenvalue weighted by molar-refractivity contribution is 7.98. The van der Waals surface area contributed by atoms with E-state index in [-0.39, 0.29) is 10.6 Å². The van der Waals surface area contributed by atoms with Gasteiger partial charge < -0.3 is 14.6 Å². The first kappa shape index (κ1) is 14.9. The van der Waals surface area contributed by atoms with Crippen molar-refractivity contribution in [1.29, 1.82) is 0 Å². The quantitative estimate of drug-likeness (QED) is 0.519. The summed E-state index contributed by atoms with van der Waals surface area (Å²) in [4.78, 5) is 13.8. The molecule has 0 aliphatic carbocycles. The lowest BCUT2D eigenvalue weighted by molar-refractivity contribution is -0.387. The van der Waals surface area contributed by atoms with E-state index in [0.717, 1.165) is 37.6 Å². The molecule has 7 heteroatoms. The molecule has 1 fully saturated rings. The Morgan fingerprint density at radius 1 is 1.32 bits per heavy atom. The van der Waals surface area contributed by atoms with Gasteiger partial charge in [-0.3, -0.25) is 10.1 Å². The van der Waals surface area contributed by atoms with Crippen LogP contribution in [-0.2, 0) is 5.75 Å². The van der Waals surface area contributed by atoms with E-state index in [9.17, 15) is 10.1 Å². The van der Waals surface area contributed by atoms with Crippen LogP contribution in [-0.4, -0.2) is 31.1 Å². The Morgan fingerprint density at radius 2 is 2.14 bits per heavy atom. The molecule has 116 valence electrons. The second-order valence-electron chi connectivity index (χ2n) is 5.01. The molecule has 1 aliphatic heterocycles. The number of nitrogens with zero attached hydrogens (tertiary/aromatic N) is 2. The Hall–Kier alpha value is -1.99. The van der Waals surface area contributed by atoms with Crippen LogP contribution in [0.2, 0.25) is 0 Å². The Kier molecular flexibility index (Phi) is 4.65. The van der Waals surface area contributed by atoms with Crippen molar-refractivity contribution in [3.63, 3.8) is 0 Å². The van der Waals surface area contributed by atoms with Gasteiger partial charge in [0.15, 0.2) is 0 Å². The Labute approximate surface area is 132 Å². The summed E-state index contributed by atoms with van der Waals surface area (Å²) >= 11 is 1.43. The van der Waals surface area contributed by atoms with E-state index in [0.29, 0.717) is 10.6 Å². The summed E-state index contributed by atoms with van der Waals surface area (Å²) in [5.74, 6) is 1.39. The van der Waals surface area contributed by atoms with E-state index in [1.54, 1.807) is 12.3 Å². The standard InChI is InChI=1S/C15H17N3O3S/c19-18(20)14-4-3-12(17-7-5-16-6-8-17)10-15(14)22-11-13-2-1-9-21-13/h1-4,9-10,16H,5-8,11H2. The largest absolute Gasteiger partial charge is 0.468 e. The number of nitro groups is 1. The van der Waals surface area contributed by atoms with Crippen molar-refractivity contribution in [3.05, 3.63) is 52.5 Å². The van der Waals surface area contributed by atoms with Crippen molar-refractivity contribution < 1.29 is 9.34 Å². The van der Waals surface area contributed by atoms with Crippen LogP contribution in [0.3, 0.4) is 0 Å². The topological polar surface area (TPSA) is 71.6 Å². The first-order valence-corrected chi connectivity index (χ1v) is 8.12. The van der Waals surface area contributed by atoms with Crippen LogP contribution in [0.5, 0.6) is 0 Å². The zero-order valence-electron chi connectivity index (χ0n) is 12.0. The summed E-state index contributed by atoms with van der Waals surface area (Å²) in [6, 6.07) is 9.04. The van der Waals surface area contributed by atoms with E-state index in [1.807, 2.05) is 24.3 Å². The minimum atomic E-state index is -0.327. The molecule has 22 heavy (non-hydrogen) atoms. The predicted molar refractivity (Wildman–Crippen MR) is 86.4 cm³/mol. The summed E-state index contributed by atoms with van der Waals surface area (Å²) in [5.41, 5.74) is 1.18. The number of hydrogen-bond acceptors (Lipinski definition) is 6. The molecule has 0 saturated carbocycles. The molecule has 0 radical (unpaired) electrons. The third-order valence-corrected chi connectivity index (χ3v) is 4.64. The second-order valence-corrected chi connectivity index (χ2v) is 6.03. The maximum atomic E-state index is 11.2. The number of benzene rings is 1. The molecule has 1 aliphatic rings. The molecule has 2 heterocycles. The molecule has 0 atom stereocenters. The zero-order chi connectivity index (χ0) is 15.4. The van der Waals surface area contributed by atoms with Crippen LogP contribution in [0, 0.1) is 10.1 Å². The first-order valence-electron chi connectivity index (χ1n) is 7.13. The van der Waals surface area contributed by atoms with Crippen molar-refractivity contribution >= 4 is 23.1 Å². The van der Waals surface area contributed by atoms with E-state index in [2.05, 4.69) is 10.2 Å². The molecule has 0 amide bonds. The molecule has 2 aromatic rings. The summed E-state index contributed by atoms with van der Waals surface area (Å²) in [7, 11) is 0. The lowest BCUT2D eigenvalue weighted by Gasteiger charge is -2.29. The normalized spacial score (nSPS) is 15.0. The number of nitro benzene ring substituents is 1. The van der Waals surface area contributed by atoms with Gasteiger partial charge in [0.25, 0.3) is 5.69 Å². The van der Waals surface area contributed by atoms with Crippen LogP contribution < -0.4 is 10.2 Å². The van der Waals surface area contributed by atoms with Crippen molar-refractivity contribution in [2.24, 2.45) is 0 Å². The van der Waals surface area contributed by atoms with Crippen LogP contribution in [0.4, 0.5) is 11.4 Å². The van der Waals surface area contributed by atoms with Gasteiger partial charge in [-0.1, -0.05) is 0 Å². The predicted octanol–water partition coefficient (Wildman–Crippen LogP) is 2.89. The average molecular weight is 319 g/mol. The average Bonchev–Trinajstić information content (AvgIpc) is 3.07. The molecule has 1 N–H and O–H groups in total. The Balaban J connectivity index is 1.81. The molecule has 0 unspecified atom stereocenters. The van der Waals surface area contributed by atoms with Crippen molar-refractivity contribution in [2.45, 2.75) is 10.6 Å². The number of thioether (sulfide) groups is 1. The molecular formula is C15H17N3O3S. The number of nitrogens with one attached hydrogen (secondary N) is 1. The van der Waals surface area contributed by atoms with Gasteiger partial charge in [0.05, 0.1) is 21.8 Å². The van der Waals surface area contributed by atoms with Gasteiger partial charge in [-0.25, -0.2) is 0 Å². The summed E-state index contributed by atoms with van der Waals surface area (Å²) in [6.07, 6.45) is 1.61. The monoisotopic (exact) mass is 319 g/mol. The minimum absolute atomic E-state index is 0.149. The lowest BCUT2D eigenvalue weighted by atomic mass is 10.2. The fraction of sp³-hybridized carbons (Fsp3) is 0.333. The SMILES string of the molecule is O=[N+]([O-])c1ccc(N2CCNCC2)cc1SCc1ccco1. The fourth-order valence-corrected chi connectivity index (χ4v) is 3.39. The summed E-state index contributed by atoms with van der Waals surface area (Å²) in [6.45, 7) is 3.71. The van der Waals surface area contributed by atoms with Gasteiger partial charge in [0.1, 0.15) is 5.76 Å². The van der Waals surface area contributed by atoms with Gasteiger partial charge in [-0.15, -0.1) is 11.8 Å². The number of furan rings is 1. The van der Waals surface area contributed by atoms with E-state index in [4.69, 9.17) is 4.42 Å². The molecule has 6 nitrogen and oxygen atoms in total. The highest BCUT2D eigenvalue weighted by atomic mass is 32.2. The number of hydrogen-bond donors (Lipinski definition) is 1. The smallest absolute Gasteiger partial charge is 0.283 e. The van der Waals surface area contributed by atoms with Crippen LogP contribution in [0.15, 0.2) is 45.9 Å². The fourth-order valence-electron chi connectivity index (χ4n) is 2.43. The minimum Gasteiger partial charge on any atom is -0.468 e. The molecule has 1 aromatic heterocycles. The number of rotatable bonds is 5. The zero-order valence-corrected chi connectivity index (χ0v) is 12.8. The maximum absolute atomic E-state index is 11.2. The third kappa shape index (κ3) is 3.42. The van der Waals surface area contributed by atoms with Crippen LogP contribution >= 0.6 is 11.8 Å². The van der Waals surface area contributed by atoms with E-state index < -0.39 is 0 Å². The highest BCUT2D eigenvalue weighted by Gasteiger charge is 2.18. The lowest BCUT2D eigenvalue weighted by Crippen LogP contribution is -2.43. The molecule has 0 bridgehead atoms. The molecule has 1 aromatic carbocycles. The van der Waals surface area contributed by atoms with Crippen LogP contribution in [0.25, 0.3) is 0 Å². The van der Waals surface area contributed by atoms with Gasteiger partial charge in [-0.05, 0) is 24.3 Å². The third-order valence-electron chi connectivity index (χ3n) is 3.57.